The number of aromatic nitrogens is 1. The molecule has 2 heterocycles. The van der Waals surface area contributed by atoms with Gasteiger partial charge in [-0.1, -0.05) is 0 Å². The first-order chi connectivity index (χ1) is 8.69. The van der Waals surface area contributed by atoms with E-state index in [1.807, 2.05) is 6.92 Å². The lowest BCUT2D eigenvalue weighted by Gasteiger charge is -2.27. The molecule has 2 unspecified atom stereocenters. The van der Waals surface area contributed by atoms with Gasteiger partial charge < -0.3 is 15.8 Å². The van der Waals surface area contributed by atoms with Gasteiger partial charge in [0.1, 0.15) is 0 Å². The average molecular weight is 249 g/mol. The number of ether oxygens (including phenoxy) is 1. The fraction of sp³-hybridized carbons (Fsp3) is 0.538. The fourth-order valence-corrected chi connectivity index (χ4v) is 2.13. The second-order valence-electron chi connectivity index (χ2n) is 4.62. The van der Waals surface area contributed by atoms with E-state index < -0.39 is 0 Å². The third kappa shape index (κ3) is 3.27. The van der Waals surface area contributed by atoms with Crippen molar-refractivity contribution >= 4 is 5.91 Å². The number of nitrogens with zero attached hydrogens (tertiary/aromatic N) is 1. The number of nitrogens with one attached hydrogen (secondary N) is 1. The third-order valence-corrected chi connectivity index (χ3v) is 3.11. The van der Waals surface area contributed by atoms with Crippen LogP contribution in [0.25, 0.3) is 0 Å². The normalized spacial score (nSPS) is 23.7. The molecule has 5 heteroatoms. The van der Waals surface area contributed by atoms with Crippen molar-refractivity contribution in [2.24, 2.45) is 5.73 Å². The van der Waals surface area contributed by atoms with Gasteiger partial charge in [0.2, 0.25) is 0 Å². The Morgan fingerprint density at radius 1 is 1.67 bits per heavy atom. The van der Waals surface area contributed by atoms with E-state index in [4.69, 9.17) is 10.5 Å². The first-order valence-electron chi connectivity index (χ1n) is 6.26. The minimum absolute atomic E-state index is 0.0637. The molecule has 98 valence electrons. The van der Waals surface area contributed by atoms with Crippen LogP contribution in [-0.2, 0) is 11.3 Å². The summed E-state index contributed by atoms with van der Waals surface area (Å²) < 4.78 is 5.45. The summed E-state index contributed by atoms with van der Waals surface area (Å²) in [5, 5.41) is 3.03. The summed E-state index contributed by atoms with van der Waals surface area (Å²) in [7, 11) is 0. The van der Waals surface area contributed by atoms with Crippen molar-refractivity contribution in [3.63, 3.8) is 0 Å². The van der Waals surface area contributed by atoms with E-state index in [0.29, 0.717) is 18.7 Å². The van der Waals surface area contributed by atoms with Crippen molar-refractivity contribution in [1.82, 2.24) is 10.3 Å². The van der Waals surface area contributed by atoms with Gasteiger partial charge in [-0.2, -0.15) is 0 Å². The zero-order valence-electron chi connectivity index (χ0n) is 10.6. The second kappa shape index (κ2) is 5.93. The number of amides is 1. The van der Waals surface area contributed by atoms with Crippen molar-refractivity contribution in [1.29, 1.82) is 0 Å². The van der Waals surface area contributed by atoms with Crippen molar-refractivity contribution in [3.05, 3.63) is 29.6 Å². The van der Waals surface area contributed by atoms with Gasteiger partial charge in [-0.3, -0.25) is 9.78 Å². The lowest BCUT2D eigenvalue weighted by Crippen LogP contribution is -2.41. The summed E-state index contributed by atoms with van der Waals surface area (Å²) in [6.07, 6.45) is 3.55. The molecule has 0 aromatic carbocycles. The Labute approximate surface area is 107 Å². The lowest BCUT2D eigenvalue weighted by molar-refractivity contribution is 0.0136. The van der Waals surface area contributed by atoms with Crippen LogP contribution in [0.2, 0.25) is 0 Å². The average Bonchev–Trinajstić information content (AvgIpc) is 2.39. The van der Waals surface area contributed by atoms with E-state index >= 15 is 0 Å². The molecule has 0 bridgehead atoms. The van der Waals surface area contributed by atoms with Crippen LogP contribution in [0.15, 0.2) is 18.3 Å². The Hall–Kier alpha value is -1.46. The SMILES string of the molecule is CC1CC(NC(=O)c2ccnc(CN)c2)CCO1. The third-order valence-electron chi connectivity index (χ3n) is 3.11. The summed E-state index contributed by atoms with van der Waals surface area (Å²) in [6, 6.07) is 3.63. The largest absolute Gasteiger partial charge is 0.378 e. The molecule has 1 amide bonds. The molecule has 1 aromatic heterocycles. The highest BCUT2D eigenvalue weighted by Crippen LogP contribution is 2.14. The molecule has 0 saturated carbocycles. The maximum absolute atomic E-state index is 12.1. The van der Waals surface area contributed by atoms with Crippen molar-refractivity contribution in [2.75, 3.05) is 6.61 Å². The van der Waals surface area contributed by atoms with Crippen LogP contribution in [0, 0.1) is 0 Å². The fourth-order valence-electron chi connectivity index (χ4n) is 2.13. The molecule has 0 aliphatic carbocycles. The van der Waals surface area contributed by atoms with Gasteiger partial charge >= 0.3 is 0 Å². The Bertz CT molecular complexity index is 422. The second-order valence-corrected chi connectivity index (χ2v) is 4.62. The molecule has 1 saturated heterocycles. The van der Waals surface area contributed by atoms with E-state index in [1.54, 1.807) is 18.3 Å². The Morgan fingerprint density at radius 3 is 3.22 bits per heavy atom. The molecule has 1 aliphatic heterocycles. The zero-order valence-corrected chi connectivity index (χ0v) is 10.6. The van der Waals surface area contributed by atoms with Gasteiger partial charge in [-0.15, -0.1) is 0 Å². The predicted molar refractivity (Wildman–Crippen MR) is 68.0 cm³/mol. The van der Waals surface area contributed by atoms with E-state index in [2.05, 4.69) is 10.3 Å². The number of pyridine rings is 1. The number of hydrogen-bond acceptors (Lipinski definition) is 4. The van der Waals surface area contributed by atoms with E-state index in [1.165, 1.54) is 0 Å². The highest BCUT2D eigenvalue weighted by atomic mass is 16.5. The monoisotopic (exact) mass is 249 g/mol. The molecule has 0 spiro atoms. The van der Waals surface area contributed by atoms with Gasteiger partial charge in [0.05, 0.1) is 11.8 Å². The number of rotatable bonds is 3. The number of hydrogen-bond donors (Lipinski definition) is 2. The molecule has 1 fully saturated rings. The Morgan fingerprint density at radius 2 is 2.50 bits per heavy atom. The van der Waals surface area contributed by atoms with Crippen molar-refractivity contribution in [3.8, 4) is 0 Å². The van der Waals surface area contributed by atoms with Gasteiger partial charge in [0, 0.05) is 31.0 Å². The Kier molecular flexibility index (Phi) is 4.28. The van der Waals surface area contributed by atoms with Crippen LogP contribution in [-0.4, -0.2) is 29.6 Å². The topological polar surface area (TPSA) is 77.2 Å². The van der Waals surface area contributed by atoms with Crippen LogP contribution < -0.4 is 11.1 Å². The molecule has 5 nitrogen and oxygen atoms in total. The van der Waals surface area contributed by atoms with Crippen LogP contribution in [0.3, 0.4) is 0 Å². The first kappa shape index (κ1) is 13.0. The molecular weight excluding hydrogens is 230 g/mol. The Balaban J connectivity index is 1.98. The predicted octanol–water partition coefficient (Wildman–Crippen LogP) is 0.838. The molecule has 2 rings (SSSR count). The van der Waals surface area contributed by atoms with Gasteiger partial charge in [-0.25, -0.2) is 0 Å². The minimum Gasteiger partial charge on any atom is -0.378 e. The van der Waals surface area contributed by atoms with Crippen molar-refractivity contribution < 1.29 is 9.53 Å². The molecule has 2 atom stereocenters. The van der Waals surface area contributed by atoms with Crippen molar-refractivity contribution in [2.45, 2.75) is 38.5 Å². The highest BCUT2D eigenvalue weighted by molar-refractivity contribution is 5.94. The van der Waals surface area contributed by atoms with E-state index in [9.17, 15) is 4.79 Å². The summed E-state index contributed by atoms with van der Waals surface area (Å²) in [6.45, 7) is 3.07. The molecule has 18 heavy (non-hydrogen) atoms. The first-order valence-corrected chi connectivity index (χ1v) is 6.26. The van der Waals surface area contributed by atoms with Crippen LogP contribution >= 0.6 is 0 Å². The van der Waals surface area contributed by atoms with Gasteiger partial charge in [0.25, 0.3) is 5.91 Å². The molecule has 1 aliphatic rings. The maximum Gasteiger partial charge on any atom is 0.251 e. The molecule has 0 radical (unpaired) electrons. The van der Waals surface area contributed by atoms with E-state index in [-0.39, 0.29) is 18.1 Å². The molecule has 1 aromatic rings. The van der Waals surface area contributed by atoms with Gasteiger partial charge in [0.15, 0.2) is 0 Å². The molecular formula is C13H19N3O2. The quantitative estimate of drug-likeness (QED) is 0.832. The van der Waals surface area contributed by atoms with Gasteiger partial charge in [-0.05, 0) is 31.9 Å². The van der Waals surface area contributed by atoms with Crippen LogP contribution in [0.1, 0.15) is 35.8 Å². The number of carbonyl (C=O) groups excluding carboxylic acids is 1. The standard InChI is InChI=1S/C13H19N3O2/c1-9-6-11(3-5-18-9)16-13(17)10-2-4-15-12(7-10)8-14/h2,4,7,9,11H,3,5-6,8,14H2,1H3,(H,16,17). The van der Waals surface area contributed by atoms with Crippen LogP contribution in [0.5, 0.6) is 0 Å². The summed E-state index contributed by atoms with van der Waals surface area (Å²) >= 11 is 0. The summed E-state index contributed by atoms with van der Waals surface area (Å²) in [4.78, 5) is 16.1. The smallest absolute Gasteiger partial charge is 0.251 e. The molecule has 3 N–H and O–H groups in total. The highest BCUT2D eigenvalue weighted by Gasteiger charge is 2.21. The number of carbonyl (C=O) groups is 1. The number of nitrogens with two attached hydrogens (primary N) is 1. The maximum atomic E-state index is 12.1. The van der Waals surface area contributed by atoms with E-state index in [0.717, 1.165) is 18.5 Å². The summed E-state index contributed by atoms with van der Waals surface area (Å²) in [5.41, 5.74) is 6.85. The van der Waals surface area contributed by atoms with Crippen LogP contribution in [0.4, 0.5) is 0 Å². The lowest BCUT2D eigenvalue weighted by atomic mass is 10.0. The minimum atomic E-state index is -0.0637. The summed E-state index contributed by atoms with van der Waals surface area (Å²) in [5.74, 6) is -0.0637. The zero-order chi connectivity index (χ0) is 13.0.